The number of phenols is 1. The van der Waals surface area contributed by atoms with Crippen molar-refractivity contribution in [3.63, 3.8) is 0 Å². The Morgan fingerprint density at radius 3 is 2.30 bits per heavy atom. The SMILES string of the molecule is Cc1cccc(Pc2ccccc2C[N-]C(C)(C)C)c1O.[Cl][Ti+]. The number of phenolic OH excluding ortho intramolecular Hbond substituents is 1. The standard InChI is InChI=1S/C18H23NOP.ClH.Ti/c1-13-8-7-11-16(17(13)20)21-15-10-6-5-9-14(15)12-19-18(2,3)4;;/h5-11,20-21H,12H2,1-4H3;1H;/q-1;;+2/p-1. The van der Waals surface area contributed by atoms with Crippen molar-refractivity contribution >= 4 is 28.5 Å². The quantitative estimate of drug-likeness (QED) is 0.603. The first-order chi connectivity index (χ1) is 10.9. The van der Waals surface area contributed by atoms with E-state index in [2.05, 4.69) is 54.3 Å². The van der Waals surface area contributed by atoms with Gasteiger partial charge in [-0.15, -0.1) is 12.1 Å². The fourth-order valence-corrected chi connectivity index (χ4v) is 3.30. The van der Waals surface area contributed by atoms with Crippen molar-refractivity contribution in [2.45, 2.75) is 39.8 Å². The van der Waals surface area contributed by atoms with Crippen molar-refractivity contribution in [3.05, 3.63) is 58.9 Å². The number of aryl methyl sites for hydroxylation is 1. The monoisotopic (exact) mass is 383 g/mol. The number of aromatic hydroxyl groups is 1. The molecule has 2 rings (SSSR count). The topological polar surface area (TPSA) is 34.3 Å². The summed E-state index contributed by atoms with van der Waals surface area (Å²) in [6.45, 7) is 9.00. The Morgan fingerprint density at radius 1 is 1.04 bits per heavy atom. The van der Waals surface area contributed by atoms with Gasteiger partial charge in [0.15, 0.2) is 0 Å². The van der Waals surface area contributed by atoms with Gasteiger partial charge in [0.25, 0.3) is 0 Å². The predicted molar refractivity (Wildman–Crippen MR) is 99.5 cm³/mol. The molecule has 0 heterocycles. The summed E-state index contributed by atoms with van der Waals surface area (Å²) >= 11 is 1.47. The van der Waals surface area contributed by atoms with Gasteiger partial charge in [0.05, 0.1) is 0 Å². The third-order valence-electron chi connectivity index (χ3n) is 3.25. The molecule has 0 saturated carbocycles. The first-order valence-corrected chi connectivity index (χ1v) is 10.5. The van der Waals surface area contributed by atoms with Gasteiger partial charge in [-0.3, -0.25) is 0 Å². The van der Waals surface area contributed by atoms with Crippen LogP contribution in [0.2, 0.25) is 0 Å². The van der Waals surface area contributed by atoms with Gasteiger partial charge in [0, 0.05) is 5.30 Å². The molecule has 0 amide bonds. The molecule has 0 bridgehead atoms. The minimum absolute atomic E-state index is 0.0261. The zero-order valence-corrected chi connectivity index (χ0v) is 17.3. The minimum atomic E-state index is -0.0261. The Hall–Kier alpha value is -0.366. The van der Waals surface area contributed by atoms with E-state index in [1.807, 2.05) is 25.1 Å². The Balaban J connectivity index is 0.00000127. The first kappa shape index (κ1) is 20.7. The van der Waals surface area contributed by atoms with E-state index in [1.165, 1.54) is 30.2 Å². The number of hydrogen-bond donors (Lipinski definition) is 1. The van der Waals surface area contributed by atoms with Crippen LogP contribution in [0.25, 0.3) is 5.32 Å². The number of nitrogens with zero attached hydrogens (tertiary/aromatic N) is 1. The molecule has 1 unspecified atom stereocenters. The van der Waals surface area contributed by atoms with E-state index < -0.39 is 0 Å². The molecule has 1 N–H and O–H groups in total. The Bertz CT molecular complexity index is 629. The van der Waals surface area contributed by atoms with Gasteiger partial charge in [0.2, 0.25) is 0 Å². The Kier molecular flexibility index (Phi) is 8.82. The summed E-state index contributed by atoms with van der Waals surface area (Å²) in [4.78, 5) is 0. The van der Waals surface area contributed by atoms with Crippen molar-refractivity contribution in [1.29, 1.82) is 0 Å². The molecule has 2 aromatic rings. The van der Waals surface area contributed by atoms with Crippen LogP contribution in [0.4, 0.5) is 0 Å². The molecule has 2 aromatic carbocycles. The van der Waals surface area contributed by atoms with Crippen LogP contribution in [-0.4, -0.2) is 10.6 Å². The van der Waals surface area contributed by atoms with E-state index in [1.54, 1.807) is 0 Å². The van der Waals surface area contributed by atoms with Crippen LogP contribution in [-0.2, 0) is 25.9 Å². The molecular formula is C18H23ClNOPTi. The van der Waals surface area contributed by atoms with Crippen LogP contribution in [0.5, 0.6) is 5.75 Å². The van der Waals surface area contributed by atoms with Crippen LogP contribution in [0, 0.1) is 6.92 Å². The normalized spacial score (nSPS) is 11.3. The van der Waals surface area contributed by atoms with Crippen LogP contribution in [0.1, 0.15) is 31.9 Å². The second-order valence-electron chi connectivity index (χ2n) is 6.24. The fourth-order valence-electron chi connectivity index (χ4n) is 2.01. The van der Waals surface area contributed by atoms with Gasteiger partial charge in [-0.2, -0.15) is 0 Å². The molecule has 0 aromatic heterocycles. The number of hydrogen-bond acceptors (Lipinski definition) is 1. The van der Waals surface area contributed by atoms with Crippen LogP contribution in [0.15, 0.2) is 42.5 Å². The zero-order chi connectivity index (χ0) is 17.5. The van der Waals surface area contributed by atoms with Gasteiger partial charge < -0.3 is 10.4 Å². The van der Waals surface area contributed by atoms with E-state index in [4.69, 9.17) is 5.32 Å². The molecule has 0 spiro atoms. The van der Waals surface area contributed by atoms with E-state index in [-0.39, 0.29) is 5.54 Å². The van der Waals surface area contributed by atoms with Gasteiger partial charge in [0.1, 0.15) is 5.75 Å². The molecule has 2 nitrogen and oxygen atoms in total. The molecule has 0 radical (unpaired) electrons. The maximum absolute atomic E-state index is 10.2. The second kappa shape index (κ2) is 9.82. The summed E-state index contributed by atoms with van der Waals surface area (Å²) in [6, 6.07) is 14.3. The summed E-state index contributed by atoms with van der Waals surface area (Å²) in [7, 11) is 5.09. The molecule has 1 atom stereocenters. The number of para-hydroxylation sites is 1. The van der Waals surface area contributed by atoms with Crippen LogP contribution >= 0.6 is 17.9 Å². The summed E-state index contributed by atoms with van der Waals surface area (Å²) in [5.41, 5.74) is 2.14. The predicted octanol–water partition coefficient (Wildman–Crippen LogP) is 4.69. The summed E-state index contributed by atoms with van der Waals surface area (Å²) in [5.74, 6) is 0.415. The molecule has 0 aliphatic rings. The van der Waals surface area contributed by atoms with E-state index >= 15 is 0 Å². The molecule has 0 aliphatic carbocycles. The molecule has 0 aliphatic heterocycles. The first-order valence-electron chi connectivity index (χ1n) is 7.38. The van der Waals surface area contributed by atoms with Gasteiger partial charge in [-0.25, -0.2) is 0 Å². The number of rotatable bonds is 4. The van der Waals surface area contributed by atoms with Crippen molar-refractivity contribution in [2.24, 2.45) is 0 Å². The van der Waals surface area contributed by atoms with E-state index in [9.17, 15) is 5.11 Å². The van der Waals surface area contributed by atoms with Crippen molar-refractivity contribution < 1.29 is 24.5 Å². The van der Waals surface area contributed by atoms with Crippen LogP contribution in [0.3, 0.4) is 0 Å². The van der Waals surface area contributed by atoms with Crippen molar-refractivity contribution in [2.75, 3.05) is 0 Å². The summed E-state index contributed by atoms with van der Waals surface area (Å²) < 4.78 is 0. The fraction of sp³-hybridized carbons (Fsp3) is 0.333. The number of benzene rings is 2. The van der Waals surface area contributed by atoms with E-state index in [0.717, 1.165) is 17.4 Å². The summed E-state index contributed by atoms with van der Waals surface area (Å²) in [6.07, 6.45) is 0. The molecule has 122 valence electrons. The molecule has 0 saturated heterocycles. The van der Waals surface area contributed by atoms with Gasteiger partial charge in [-0.05, 0) is 17.8 Å². The van der Waals surface area contributed by atoms with Crippen LogP contribution < -0.4 is 10.6 Å². The second-order valence-corrected chi connectivity index (χ2v) is 7.57. The van der Waals surface area contributed by atoms with Gasteiger partial charge in [-0.1, -0.05) is 77.4 Å². The molecule has 5 heteroatoms. The Labute approximate surface area is 157 Å². The third-order valence-corrected chi connectivity index (χ3v) is 4.68. The van der Waals surface area contributed by atoms with Gasteiger partial charge >= 0.3 is 28.7 Å². The van der Waals surface area contributed by atoms with Crippen molar-refractivity contribution in [3.8, 4) is 5.75 Å². The maximum atomic E-state index is 10.2. The Morgan fingerprint density at radius 2 is 1.65 bits per heavy atom. The van der Waals surface area contributed by atoms with E-state index in [0.29, 0.717) is 14.3 Å². The average molecular weight is 384 g/mol. The molecule has 23 heavy (non-hydrogen) atoms. The van der Waals surface area contributed by atoms with Crippen molar-refractivity contribution in [1.82, 2.24) is 0 Å². The molecule has 0 fully saturated rings. The number of halogens is 1. The zero-order valence-electron chi connectivity index (χ0n) is 14.0. The third kappa shape index (κ3) is 6.95. The summed E-state index contributed by atoms with van der Waals surface area (Å²) in [5, 5.41) is 17.2. The molecular weight excluding hydrogens is 360 g/mol. The average Bonchev–Trinajstić information content (AvgIpc) is 2.52.